The normalized spacial score (nSPS) is 17.0. The zero-order chi connectivity index (χ0) is 23.2. The molecule has 1 aliphatic carbocycles. The van der Waals surface area contributed by atoms with Crippen LogP contribution >= 0.6 is 33.9 Å². The first-order valence-electron chi connectivity index (χ1n) is 11.1. The van der Waals surface area contributed by atoms with Crippen LogP contribution in [0.15, 0.2) is 88.2 Å². The molecule has 0 fully saturated rings. The van der Waals surface area contributed by atoms with Crippen LogP contribution in [0.4, 0.5) is 0 Å². The van der Waals surface area contributed by atoms with Crippen molar-refractivity contribution in [3.05, 3.63) is 124 Å². The minimum atomic E-state index is -0.200. The second-order valence-corrected chi connectivity index (χ2v) is 10.7. The van der Waals surface area contributed by atoms with E-state index in [2.05, 4.69) is 65.1 Å². The van der Waals surface area contributed by atoms with E-state index in [4.69, 9.17) is 9.73 Å². The zero-order valence-corrected chi connectivity index (χ0v) is 21.5. The molecular weight excluding hydrogens is 555 g/mol. The number of halogens is 1. The van der Waals surface area contributed by atoms with Gasteiger partial charge < -0.3 is 4.74 Å². The lowest BCUT2D eigenvalue weighted by molar-refractivity contribution is 0.413. The first-order valence-corrected chi connectivity index (χ1v) is 13.0. The van der Waals surface area contributed by atoms with Crippen molar-refractivity contribution in [2.24, 2.45) is 4.99 Å². The summed E-state index contributed by atoms with van der Waals surface area (Å²) in [6, 6.07) is 24.5. The predicted molar refractivity (Wildman–Crippen MR) is 145 cm³/mol. The largest absolute Gasteiger partial charge is 0.497 e. The Labute approximate surface area is 214 Å². The Bertz CT molecular complexity index is 1630. The highest BCUT2D eigenvalue weighted by atomic mass is 127. The topological polar surface area (TPSA) is 43.6 Å². The molecule has 0 spiro atoms. The van der Waals surface area contributed by atoms with Gasteiger partial charge >= 0.3 is 0 Å². The first-order chi connectivity index (χ1) is 16.6. The zero-order valence-electron chi connectivity index (χ0n) is 18.5. The fourth-order valence-electron chi connectivity index (χ4n) is 4.84. The minimum absolute atomic E-state index is 0.000489. The molecular formula is C28H21IN2O2S. The molecule has 3 aromatic carbocycles. The first kappa shape index (κ1) is 21.6. The Morgan fingerprint density at radius 3 is 2.71 bits per heavy atom. The van der Waals surface area contributed by atoms with E-state index in [0.717, 1.165) is 40.2 Å². The molecule has 2 heterocycles. The summed E-state index contributed by atoms with van der Waals surface area (Å²) in [6.07, 6.45) is 3.79. The number of nitrogens with zero attached hydrogens (tertiary/aromatic N) is 2. The minimum Gasteiger partial charge on any atom is -0.497 e. The van der Waals surface area contributed by atoms with Gasteiger partial charge in [0.15, 0.2) is 4.80 Å². The summed E-state index contributed by atoms with van der Waals surface area (Å²) in [5, 5.41) is 0. The number of aryl methyl sites for hydroxylation is 1. The number of benzene rings is 3. The molecule has 0 saturated carbocycles. The van der Waals surface area contributed by atoms with Gasteiger partial charge in [-0.3, -0.25) is 9.36 Å². The van der Waals surface area contributed by atoms with E-state index in [1.807, 2.05) is 41.0 Å². The SMILES string of the molecule is COc1cccc(C2C3=C(N=c4sc(=Cc5ccc(I)cc5)c(=O)n42)c2ccccc2CC3)c1. The Hall–Kier alpha value is -2.97. The maximum absolute atomic E-state index is 13.8. The third-order valence-corrected chi connectivity index (χ3v) is 8.15. The van der Waals surface area contributed by atoms with Gasteiger partial charge in [0.05, 0.1) is 23.4 Å². The van der Waals surface area contributed by atoms with Gasteiger partial charge in [0.2, 0.25) is 0 Å². The lowest BCUT2D eigenvalue weighted by atomic mass is 9.83. The quantitative estimate of drug-likeness (QED) is 0.325. The highest BCUT2D eigenvalue weighted by molar-refractivity contribution is 14.1. The molecule has 4 aromatic rings. The highest BCUT2D eigenvalue weighted by Gasteiger charge is 2.32. The average molecular weight is 576 g/mol. The van der Waals surface area contributed by atoms with Crippen molar-refractivity contribution < 1.29 is 4.74 Å². The van der Waals surface area contributed by atoms with Gasteiger partial charge in [-0.1, -0.05) is 59.9 Å². The molecule has 1 atom stereocenters. The molecule has 1 unspecified atom stereocenters. The van der Waals surface area contributed by atoms with E-state index in [1.54, 1.807) is 7.11 Å². The number of fused-ring (bicyclic) bond motifs is 3. The lowest BCUT2D eigenvalue weighted by Gasteiger charge is -2.31. The number of ether oxygens (including phenoxy) is 1. The molecule has 6 heteroatoms. The molecule has 1 aliphatic heterocycles. The van der Waals surface area contributed by atoms with E-state index < -0.39 is 0 Å². The van der Waals surface area contributed by atoms with Crippen molar-refractivity contribution >= 4 is 45.7 Å². The molecule has 4 nitrogen and oxygen atoms in total. The Kier molecular flexibility index (Phi) is 5.50. The van der Waals surface area contributed by atoms with Gasteiger partial charge in [0.1, 0.15) is 5.75 Å². The fraction of sp³-hybridized carbons (Fsp3) is 0.143. The summed E-state index contributed by atoms with van der Waals surface area (Å²) in [6.45, 7) is 0. The summed E-state index contributed by atoms with van der Waals surface area (Å²) in [7, 11) is 1.67. The highest BCUT2D eigenvalue weighted by Crippen LogP contribution is 2.41. The van der Waals surface area contributed by atoms with Crippen molar-refractivity contribution in [2.75, 3.05) is 7.11 Å². The third-order valence-electron chi connectivity index (χ3n) is 6.45. The lowest BCUT2D eigenvalue weighted by Crippen LogP contribution is -2.38. The van der Waals surface area contributed by atoms with Crippen molar-refractivity contribution in [1.29, 1.82) is 0 Å². The summed E-state index contributed by atoms with van der Waals surface area (Å²) < 4.78 is 9.26. The van der Waals surface area contributed by atoms with Crippen LogP contribution in [-0.2, 0) is 6.42 Å². The van der Waals surface area contributed by atoms with Gasteiger partial charge in [-0.05, 0) is 88.0 Å². The van der Waals surface area contributed by atoms with Crippen LogP contribution in [0.25, 0.3) is 11.8 Å². The second kappa shape index (κ2) is 8.67. The molecule has 0 saturated heterocycles. The molecule has 0 N–H and O–H groups in total. The van der Waals surface area contributed by atoms with Gasteiger partial charge in [0.25, 0.3) is 5.56 Å². The van der Waals surface area contributed by atoms with Crippen LogP contribution in [0, 0.1) is 3.57 Å². The van der Waals surface area contributed by atoms with Crippen LogP contribution in [0.3, 0.4) is 0 Å². The Morgan fingerprint density at radius 1 is 1.06 bits per heavy atom. The Balaban J connectivity index is 1.62. The molecule has 6 rings (SSSR count). The van der Waals surface area contributed by atoms with Crippen LogP contribution in [0.2, 0.25) is 0 Å². The number of allylic oxidation sites excluding steroid dienone is 1. The smallest absolute Gasteiger partial charge is 0.271 e. The van der Waals surface area contributed by atoms with Gasteiger partial charge in [-0.2, -0.15) is 0 Å². The summed E-state index contributed by atoms with van der Waals surface area (Å²) in [4.78, 5) is 19.6. The van der Waals surface area contributed by atoms with Crippen molar-refractivity contribution in [1.82, 2.24) is 4.57 Å². The monoisotopic (exact) mass is 576 g/mol. The summed E-state index contributed by atoms with van der Waals surface area (Å²) in [5.41, 5.74) is 6.75. The summed E-state index contributed by atoms with van der Waals surface area (Å²) in [5.74, 6) is 0.786. The molecule has 34 heavy (non-hydrogen) atoms. The molecule has 0 radical (unpaired) electrons. The molecule has 0 bridgehead atoms. The van der Waals surface area contributed by atoms with E-state index >= 15 is 0 Å². The van der Waals surface area contributed by atoms with Crippen molar-refractivity contribution in [2.45, 2.75) is 18.9 Å². The van der Waals surface area contributed by atoms with E-state index in [0.29, 0.717) is 4.53 Å². The van der Waals surface area contributed by atoms with Crippen LogP contribution in [-0.4, -0.2) is 11.7 Å². The second-order valence-electron chi connectivity index (χ2n) is 8.44. The summed E-state index contributed by atoms with van der Waals surface area (Å²) >= 11 is 3.75. The Morgan fingerprint density at radius 2 is 1.88 bits per heavy atom. The maximum atomic E-state index is 13.8. The predicted octanol–water partition coefficient (Wildman–Crippen LogP) is 4.93. The van der Waals surface area contributed by atoms with E-state index in [-0.39, 0.29) is 11.6 Å². The van der Waals surface area contributed by atoms with Gasteiger partial charge in [0, 0.05) is 9.13 Å². The van der Waals surface area contributed by atoms with Crippen LogP contribution in [0.1, 0.15) is 34.7 Å². The average Bonchev–Trinajstić information content (AvgIpc) is 3.18. The fourth-order valence-corrected chi connectivity index (χ4v) is 6.20. The number of hydrogen-bond donors (Lipinski definition) is 0. The number of aromatic nitrogens is 1. The molecule has 168 valence electrons. The van der Waals surface area contributed by atoms with Crippen LogP contribution < -0.4 is 19.6 Å². The number of thiazole rings is 1. The number of methoxy groups -OCH3 is 1. The molecule has 2 aliphatic rings. The van der Waals surface area contributed by atoms with Crippen molar-refractivity contribution in [3.8, 4) is 5.75 Å². The van der Waals surface area contributed by atoms with E-state index in [1.165, 1.54) is 31.6 Å². The molecule has 0 amide bonds. The van der Waals surface area contributed by atoms with E-state index in [9.17, 15) is 4.79 Å². The van der Waals surface area contributed by atoms with Gasteiger partial charge in [-0.25, -0.2) is 4.99 Å². The maximum Gasteiger partial charge on any atom is 0.271 e. The van der Waals surface area contributed by atoms with Crippen LogP contribution in [0.5, 0.6) is 5.75 Å². The van der Waals surface area contributed by atoms with Gasteiger partial charge in [-0.15, -0.1) is 0 Å². The molecule has 1 aromatic heterocycles. The number of rotatable bonds is 3. The number of hydrogen-bond acceptors (Lipinski definition) is 4. The standard InChI is InChI=1S/C28H21IN2O2S/c1-33-21-7-4-6-19(16-21)26-23-14-11-18-5-2-3-8-22(18)25(23)30-28-31(26)27(32)24(34-28)15-17-9-12-20(29)13-10-17/h2-10,12-13,15-16,26H,11,14H2,1H3. The van der Waals surface area contributed by atoms with Crippen molar-refractivity contribution in [3.63, 3.8) is 0 Å². The third kappa shape index (κ3) is 3.65.